The quantitative estimate of drug-likeness (QED) is 0.257. The first kappa shape index (κ1) is 27.6. The second kappa shape index (κ2) is 10.9. The zero-order valence-electron chi connectivity index (χ0n) is 23.2. The number of Topliss-reactive ketones (excluding diaryl/α,β-unsaturated/α-hetero) is 2. The fraction of sp³-hybridized carbons (Fsp3) is 0.387. The molecule has 0 heterocycles. The van der Waals surface area contributed by atoms with E-state index in [0.29, 0.717) is 18.4 Å². The van der Waals surface area contributed by atoms with Crippen LogP contribution < -0.4 is 10.6 Å². The SMILES string of the molecule is C[OH+]COC1=C2C(=O)c3c(O)ccc(C)c3CC2CC2C1C(=O)C(C(N)=O)=C(OCc1ccccc1)C2[NH+](C)C. The summed E-state index contributed by atoms with van der Waals surface area (Å²) in [5.74, 6) is -2.81. The molecule has 0 aliphatic heterocycles. The number of phenolic OH excluding ortho intramolecular Hbond substituents is 1. The van der Waals surface area contributed by atoms with Gasteiger partial charge < -0.3 is 30.0 Å². The highest BCUT2D eigenvalue weighted by Crippen LogP contribution is 2.50. The molecule has 0 spiro atoms. The molecule has 0 saturated heterocycles. The summed E-state index contributed by atoms with van der Waals surface area (Å²) >= 11 is 0. The summed E-state index contributed by atoms with van der Waals surface area (Å²) < 4.78 is 16.4. The van der Waals surface area contributed by atoms with Gasteiger partial charge in [0.05, 0.1) is 25.6 Å². The van der Waals surface area contributed by atoms with Gasteiger partial charge in [-0.15, -0.1) is 0 Å². The lowest BCUT2D eigenvalue weighted by Crippen LogP contribution is -3.11. The molecule has 2 aromatic rings. The second-order valence-electron chi connectivity index (χ2n) is 11.0. The van der Waals surface area contributed by atoms with E-state index in [1.807, 2.05) is 57.4 Å². The predicted molar refractivity (Wildman–Crippen MR) is 146 cm³/mol. The summed E-state index contributed by atoms with van der Waals surface area (Å²) in [5.41, 5.74) is 8.87. The molecule has 0 fully saturated rings. The molecule has 0 radical (unpaired) electrons. The number of benzene rings is 2. The maximum absolute atomic E-state index is 14.2. The van der Waals surface area contributed by atoms with E-state index in [1.54, 1.807) is 7.11 Å². The number of nitrogens with two attached hydrogens (primary N) is 1. The van der Waals surface area contributed by atoms with Gasteiger partial charge in [-0.2, -0.15) is 0 Å². The lowest BCUT2D eigenvalue weighted by Gasteiger charge is -2.46. The molecule has 0 aromatic heterocycles. The van der Waals surface area contributed by atoms with Crippen molar-refractivity contribution in [1.82, 2.24) is 0 Å². The third-order valence-corrected chi connectivity index (χ3v) is 8.33. The highest BCUT2D eigenvalue weighted by Gasteiger charge is 2.57. The van der Waals surface area contributed by atoms with Gasteiger partial charge in [-0.3, -0.25) is 14.4 Å². The minimum absolute atomic E-state index is 0.0611. The minimum Gasteiger partial charge on any atom is -0.507 e. The molecule has 3 aliphatic carbocycles. The fourth-order valence-electron chi connectivity index (χ4n) is 6.67. The van der Waals surface area contributed by atoms with Crippen molar-refractivity contribution in [3.05, 3.63) is 87.4 Å². The van der Waals surface area contributed by atoms with Gasteiger partial charge >= 0.3 is 0 Å². The Hall–Kier alpha value is -3.95. The number of primary amides is 1. The number of phenols is 1. The molecule has 40 heavy (non-hydrogen) atoms. The van der Waals surface area contributed by atoms with Crippen LogP contribution in [-0.4, -0.2) is 61.4 Å². The molecular weight excluding hydrogens is 512 g/mol. The number of aliphatic hydroxyl groups is 2. The first-order valence-corrected chi connectivity index (χ1v) is 13.5. The van der Waals surface area contributed by atoms with Gasteiger partial charge in [0, 0.05) is 11.5 Å². The third kappa shape index (κ3) is 4.59. The lowest BCUT2D eigenvalue weighted by molar-refractivity contribution is -0.886. The predicted octanol–water partition coefficient (Wildman–Crippen LogP) is 1.13. The minimum atomic E-state index is -0.906. The smallest absolute Gasteiger partial charge is 0.294 e. The fourth-order valence-corrected chi connectivity index (χ4v) is 6.67. The van der Waals surface area contributed by atoms with Crippen molar-refractivity contribution in [2.24, 2.45) is 23.5 Å². The molecule has 210 valence electrons. The molecule has 5 rings (SSSR count). The van der Waals surface area contributed by atoms with Crippen LogP contribution >= 0.6 is 0 Å². The van der Waals surface area contributed by atoms with E-state index in [9.17, 15) is 19.5 Å². The van der Waals surface area contributed by atoms with E-state index in [1.165, 1.54) is 6.07 Å². The molecule has 0 bridgehead atoms. The van der Waals surface area contributed by atoms with Gasteiger partial charge in [-0.05, 0) is 48.4 Å². The number of nitrogens with one attached hydrogen (secondary N) is 1. The number of rotatable bonds is 8. The van der Waals surface area contributed by atoms with Crippen LogP contribution in [0, 0.1) is 24.7 Å². The van der Waals surface area contributed by atoms with Crippen LogP contribution in [0.25, 0.3) is 0 Å². The summed E-state index contributed by atoms with van der Waals surface area (Å²) in [6, 6.07) is 12.4. The van der Waals surface area contributed by atoms with E-state index in [-0.39, 0.29) is 59.4 Å². The van der Waals surface area contributed by atoms with Gasteiger partial charge in [-0.25, -0.2) is 0 Å². The Kier molecular flexibility index (Phi) is 7.53. The second-order valence-corrected chi connectivity index (χ2v) is 11.0. The number of aromatic hydroxyl groups is 1. The van der Waals surface area contributed by atoms with Crippen molar-refractivity contribution in [1.29, 1.82) is 0 Å². The number of quaternary nitrogens is 1. The number of likely N-dealkylation sites (N-methyl/N-ethyl adjacent to an activating group) is 1. The number of carbonyl (C=O) groups is 3. The number of allylic oxidation sites excluding steroid dienone is 2. The van der Waals surface area contributed by atoms with Gasteiger partial charge in [0.25, 0.3) is 12.7 Å². The Morgan fingerprint density at radius 1 is 1.10 bits per heavy atom. The maximum atomic E-state index is 14.2. The van der Waals surface area contributed by atoms with E-state index < -0.39 is 23.7 Å². The van der Waals surface area contributed by atoms with Crippen LogP contribution in [0.5, 0.6) is 5.75 Å². The van der Waals surface area contributed by atoms with Crippen LogP contribution in [0.1, 0.15) is 33.5 Å². The first-order valence-electron chi connectivity index (χ1n) is 13.5. The molecule has 9 heteroatoms. The van der Waals surface area contributed by atoms with Crippen molar-refractivity contribution in [2.45, 2.75) is 32.4 Å². The zero-order chi connectivity index (χ0) is 28.7. The van der Waals surface area contributed by atoms with E-state index in [4.69, 9.17) is 15.2 Å². The Labute approximate surface area is 233 Å². The van der Waals surface area contributed by atoms with Gasteiger partial charge in [-0.1, -0.05) is 36.4 Å². The number of ether oxygens (including phenoxy) is 3. The van der Waals surface area contributed by atoms with Crippen LogP contribution in [0.4, 0.5) is 0 Å². The van der Waals surface area contributed by atoms with Gasteiger partial charge in [0.15, 0.2) is 17.3 Å². The Balaban J connectivity index is 1.67. The highest BCUT2D eigenvalue weighted by molar-refractivity contribution is 6.22. The maximum Gasteiger partial charge on any atom is 0.294 e. The van der Waals surface area contributed by atoms with Crippen molar-refractivity contribution >= 4 is 17.5 Å². The monoisotopic (exact) mass is 548 g/mol. The summed E-state index contributed by atoms with van der Waals surface area (Å²) in [6.45, 7) is 2.04. The van der Waals surface area contributed by atoms with Crippen LogP contribution in [0.3, 0.4) is 0 Å². The standard InChI is InChI=1S/C31H34N2O7/c1-16-10-11-21(34)23-19(16)12-18-13-20-24(29(40-15-38-4)22(18)27(23)35)28(36)25(31(32)37)30(26(20)33(2)3)39-14-17-8-6-5-7-9-17/h5-11,18,20,24,26,34H,12-15H2,1-4H3,(H2,32,37)/p+2. The molecule has 9 nitrogen and oxygen atoms in total. The lowest BCUT2D eigenvalue weighted by atomic mass is 9.60. The van der Waals surface area contributed by atoms with E-state index >= 15 is 0 Å². The number of amides is 1. The van der Waals surface area contributed by atoms with Crippen LogP contribution in [-0.2, 0) is 32.1 Å². The van der Waals surface area contributed by atoms with Gasteiger partial charge in [0.1, 0.15) is 36.8 Å². The summed E-state index contributed by atoms with van der Waals surface area (Å²) in [4.78, 5) is 41.9. The molecular formula is C31H36N2O7+2. The molecule has 0 saturated carbocycles. The largest absolute Gasteiger partial charge is 0.507 e. The Bertz CT molecular complexity index is 1430. The Morgan fingerprint density at radius 3 is 2.48 bits per heavy atom. The summed E-state index contributed by atoms with van der Waals surface area (Å²) in [5, 5.41) is 10.6. The molecule has 4 unspecified atom stereocenters. The van der Waals surface area contributed by atoms with E-state index in [0.717, 1.165) is 21.6 Å². The number of ketones is 2. The van der Waals surface area contributed by atoms with Gasteiger partial charge in [0.2, 0.25) is 0 Å². The number of hydrogen-bond donors (Lipinski definition) is 3. The van der Waals surface area contributed by atoms with Crippen molar-refractivity contribution in [3.63, 3.8) is 0 Å². The molecule has 5 N–H and O–H groups in total. The summed E-state index contributed by atoms with van der Waals surface area (Å²) in [6.07, 6.45) is 1.02. The van der Waals surface area contributed by atoms with Crippen LogP contribution in [0.15, 0.2) is 65.1 Å². The van der Waals surface area contributed by atoms with Crippen molar-refractivity contribution in [2.75, 3.05) is 28.0 Å². The molecule has 4 atom stereocenters. The molecule has 2 aromatic carbocycles. The average Bonchev–Trinajstić information content (AvgIpc) is 2.92. The van der Waals surface area contributed by atoms with Crippen LogP contribution in [0.2, 0.25) is 0 Å². The molecule has 3 aliphatic rings. The average molecular weight is 549 g/mol. The third-order valence-electron chi connectivity index (χ3n) is 8.33. The summed E-state index contributed by atoms with van der Waals surface area (Å²) in [7, 11) is 5.48. The zero-order valence-corrected chi connectivity index (χ0v) is 23.2. The number of aryl methyl sites for hydroxylation is 1. The highest BCUT2D eigenvalue weighted by atomic mass is 16.7. The molecule has 1 amide bonds. The van der Waals surface area contributed by atoms with Crippen molar-refractivity contribution < 1.29 is 38.6 Å². The Morgan fingerprint density at radius 2 is 1.82 bits per heavy atom. The first-order chi connectivity index (χ1) is 19.1. The number of hydrogen-bond acceptors (Lipinski definition) is 6. The number of carbonyl (C=O) groups excluding carboxylic acids is 3. The number of fused-ring (bicyclic) bond motifs is 3. The topological polar surface area (TPSA) is 133 Å². The normalized spacial score (nSPS) is 24.0. The van der Waals surface area contributed by atoms with Crippen molar-refractivity contribution in [3.8, 4) is 5.75 Å². The van der Waals surface area contributed by atoms with E-state index in [2.05, 4.69) is 4.74 Å².